The van der Waals surface area contributed by atoms with E-state index in [0.29, 0.717) is 27.7 Å². The molecule has 0 radical (unpaired) electrons. The van der Waals surface area contributed by atoms with Crippen LogP contribution in [0.4, 0.5) is 0 Å². The molecule has 0 aliphatic heterocycles. The maximum atomic E-state index is 12.8. The standard InChI is InChI=1S/C24H30N4O5/c1-32-21-13-18(25)15(14-26-17-8-10-24(30,11-9-17)16-6-7-16)12-19(21)27-23(29)20-4-3-5-22(33-2)28(20)31/h3-5,12-14,16-17,25,29-31H,6-11H2,1-2H3/p+1/t17-,24-. The van der Waals surface area contributed by atoms with Gasteiger partial charge in [-0.05, 0) is 56.6 Å². The lowest BCUT2D eigenvalue weighted by Crippen LogP contribution is -2.43. The Hall–Kier alpha value is -3.33. The molecule has 9 nitrogen and oxygen atoms in total. The number of ether oxygens (including phenoxy) is 2. The molecule has 0 saturated heterocycles. The van der Waals surface area contributed by atoms with Crippen molar-refractivity contribution in [3.05, 3.63) is 59.3 Å². The molecule has 2 fully saturated rings. The molecule has 0 bridgehead atoms. The summed E-state index contributed by atoms with van der Waals surface area (Å²) < 4.78 is 11.1. The molecule has 0 unspecified atom stereocenters. The van der Waals surface area contributed by atoms with Crippen molar-refractivity contribution in [1.29, 1.82) is 5.41 Å². The zero-order valence-electron chi connectivity index (χ0n) is 18.9. The van der Waals surface area contributed by atoms with E-state index in [1.807, 2.05) is 0 Å². The Kier molecular flexibility index (Phi) is 6.42. The number of nitrogens with one attached hydrogen (secondary N) is 3. The molecule has 1 aromatic heterocycles. The molecule has 3 aliphatic carbocycles. The zero-order chi connectivity index (χ0) is 23.6. The fourth-order valence-corrected chi connectivity index (χ4v) is 4.50. The Balaban J connectivity index is 1.46. The van der Waals surface area contributed by atoms with Gasteiger partial charge in [0.2, 0.25) is 0 Å². The largest absolute Gasteiger partial charge is 0.494 e. The molecule has 4 rings (SSSR count). The van der Waals surface area contributed by atoms with E-state index in [1.54, 1.807) is 18.3 Å². The number of carbonyl (C=O) groups is 1. The predicted molar refractivity (Wildman–Crippen MR) is 120 cm³/mol. The van der Waals surface area contributed by atoms with Crippen LogP contribution >= 0.6 is 0 Å². The van der Waals surface area contributed by atoms with Gasteiger partial charge >= 0.3 is 17.5 Å². The summed E-state index contributed by atoms with van der Waals surface area (Å²) in [5.41, 5.74) is 0.708. The van der Waals surface area contributed by atoms with Gasteiger partial charge in [-0.1, -0.05) is 0 Å². The van der Waals surface area contributed by atoms with Crippen molar-refractivity contribution in [3.8, 4) is 5.88 Å². The predicted octanol–water partition coefficient (Wildman–Crippen LogP) is 1.95. The van der Waals surface area contributed by atoms with Crippen LogP contribution in [0.15, 0.2) is 53.6 Å². The fourth-order valence-electron chi connectivity index (χ4n) is 4.50. The highest BCUT2D eigenvalue weighted by Crippen LogP contribution is 2.47. The summed E-state index contributed by atoms with van der Waals surface area (Å²) in [7, 11) is 2.86. The van der Waals surface area contributed by atoms with E-state index in [1.165, 1.54) is 32.4 Å². The number of hydrogen-bond donors (Lipinski definition) is 5. The van der Waals surface area contributed by atoms with Crippen molar-refractivity contribution in [1.82, 2.24) is 10.6 Å². The van der Waals surface area contributed by atoms with Crippen LogP contribution in [0.2, 0.25) is 0 Å². The quantitative estimate of drug-likeness (QED) is 0.316. The minimum atomic E-state index is -0.557. The Bertz CT molecular complexity index is 1030. The molecule has 1 amide bonds. The van der Waals surface area contributed by atoms with E-state index in [0.717, 1.165) is 38.5 Å². The average Bonchev–Trinajstić information content (AvgIpc) is 3.66. The molecular weight excluding hydrogens is 424 g/mol. The van der Waals surface area contributed by atoms with Crippen LogP contribution in [-0.2, 0) is 4.74 Å². The highest BCUT2D eigenvalue weighted by atomic mass is 16.5. The maximum Gasteiger partial charge on any atom is 0.417 e. The molecular formula is C24H31N4O5+. The van der Waals surface area contributed by atoms with Crippen LogP contribution in [0.3, 0.4) is 0 Å². The SMILES string of the molecule is COC1=CC(=N)/C(=C\N[C@H]2CC[C@@](O)(C3CC3)CC2)C=C1NC(=O)c1cccc(OC)[n+]1O. The number of hydrogen-bond acceptors (Lipinski definition) is 7. The first-order valence-electron chi connectivity index (χ1n) is 11.2. The van der Waals surface area contributed by atoms with Gasteiger partial charge in [-0.25, -0.2) is 0 Å². The summed E-state index contributed by atoms with van der Waals surface area (Å²) in [6.07, 6.45) is 10.6. The summed E-state index contributed by atoms with van der Waals surface area (Å²) in [5.74, 6) is 0.371. The second kappa shape index (κ2) is 9.27. The van der Waals surface area contributed by atoms with Crippen molar-refractivity contribution < 1.29 is 29.3 Å². The van der Waals surface area contributed by atoms with Gasteiger partial charge in [0.25, 0.3) is 0 Å². The molecule has 1 aromatic rings. The third-order valence-corrected chi connectivity index (χ3v) is 6.65. The number of aliphatic hydroxyl groups is 1. The Morgan fingerprint density at radius 1 is 1.18 bits per heavy atom. The summed E-state index contributed by atoms with van der Waals surface area (Å²) in [6, 6.07) is 4.82. The second-order valence-electron chi connectivity index (χ2n) is 8.82. The third kappa shape index (κ3) is 4.88. The molecule has 2 saturated carbocycles. The second-order valence-corrected chi connectivity index (χ2v) is 8.82. The van der Waals surface area contributed by atoms with E-state index in [4.69, 9.17) is 14.9 Å². The van der Waals surface area contributed by atoms with Gasteiger partial charge in [0.1, 0.15) is 5.76 Å². The normalized spacial score (nSPS) is 26.3. The number of methoxy groups -OCH3 is 2. The number of pyridine rings is 1. The van der Waals surface area contributed by atoms with Gasteiger partial charge in [0.15, 0.2) is 0 Å². The van der Waals surface area contributed by atoms with Gasteiger partial charge in [-0.2, -0.15) is 0 Å². The van der Waals surface area contributed by atoms with Crippen molar-refractivity contribution in [2.45, 2.75) is 50.2 Å². The number of rotatable bonds is 7. The monoisotopic (exact) mass is 455 g/mol. The first-order chi connectivity index (χ1) is 15.8. The van der Waals surface area contributed by atoms with E-state index < -0.39 is 11.5 Å². The Morgan fingerprint density at radius 2 is 1.91 bits per heavy atom. The number of carbonyl (C=O) groups excluding carboxylic acids is 1. The molecule has 0 atom stereocenters. The molecule has 33 heavy (non-hydrogen) atoms. The van der Waals surface area contributed by atoms with E-state index in [9.17, 15) is 15.1 Å². The lowest BCUT2D eigenvalue weighted by molar-refractivity contribution is -0.907. The van der Waals surface area contributed by atoms with Crippen LogP contribution in [0.1, 0.15) is 49.0 Å². The van der Waals surface area contributed by atoms with E-state index in [-0.39, 0.29) is 23.3 Å². The van der Waals surface area contributed by atoms with Crippen molar-refractivity contribution in [3.63, 3.8) is 0 Å². The maximum absolute atomic E-state index is 12.8. The Morgan fingerprint density at radius 3 is 2.55 bits per heavy atom. The molecule has 176 valence electrons. The van der Waals surface area contributed by atoms with E-state index in [2.05, 4.69) is 10.6 Å². The van der Waals surface area contributed by atoms with Crippen LogP contribution < -0.4 is 20.1 Å². The number of allylic oxidation sites excluding steroid dienone is 3. The smallest absolute Gasteiger partial charge is 0.417 e. The molecule has 5 N–H and O–H groups in total. The molecule has 0 aromatic carbocycles. The lowest BCUT2D eigenvalue weighted by atomic mass is 9.79. The number of nitrogens with zero attached hydrogens (tertiary/aromatic N) is 1. The summed E-state index contributed by atoms with van der Waals surface area (Å²) >= 11 is 0. The zero-order valence-corrected chi connectivity index (χ0v) is 18.9. The van der Waals surface area contributed by atoms with Gasteiger partial charge < -0.3 is 30.6 Å². The van der Waals surface area contributed by atoms with Gasteiger partial charge in [-0.3, -0.25) is 10.0 Å². The highest BCUT2D eigenvalue weighted by Gasteiger charge is 2.45. The fraction of sp³-hybridized carbons (Fsp3) is 0.458. The van der Waals surface area contributed by atoms with Gasteiger partial charge in [-0.15, -0.1) is 0 Å². The van der Waals surface area contributed by atoms with Gasteiger partial charge in [0.05, 0.1) is 42.0 Å². The van der Waals surface area contributed by atoms with Crippen LogP contribution in [0.25, 0.3) is 0 Å². The number of amides is 1. The molecule has 0 spiro atoms. The highest BCUT2D eigenvalue weighted by molar-refractivity contribution is 6.10. The first-order valence-corrected chi connectivity index (χ1v) is 11.2. The molecule has 3 aliphatic rings. The van der Waals surface area contributed by atoms with Crippen molar-refractivity contribution >= 4 is 11.6 Å². The van der Waals surface area contributed by atoms with Crippen molar-refractivity contribution in [2.75, 3.05) is 14.2 Å². The topological polar surface area (TPSA) is 128 Å². The minimum Gasteiger partial charge on any atom is -0.494 e. The van der Waals surface area contributed by atoms with Crippen molar-refractivity contribution in [2.24, 2.45) is 5.92 Å². The summed E-state index contributed by atoms with van der Waals surface area (Å²) in [4.78, 5) is 12.8. The summed E-state index contributed by atoms with van der Waals surface area (Å²) in [6.45, 7) is 0. The minimum absolute atomic E-state index is 0.0136. The lowest BCUT2D eigenvalue weighted by Gasteiger charge is -2.36. The van der Waals surface area contributed by atoms with Crippen LogP contribution in [0, 0.1) is 11.3 Å². The van der Waals surface area contributed by atoms with Crippen LogP contribution in [0.5, 0.6) is 5.88 Å². The number of aromatic nitrogens is 1. The summed E-state index contributed by atoms with van der Waals surface area (Å²) in [5, 5.41) is 35.4. The Labute approximate surface area is 192 Å². The van der Waals surface area contributed by atoms with Crippen LogP contribution in [-0.4, -0.2) is 47.8 Å². The van der Waals surface area contributed by atoms with Gasteiger partial charge in [0, 0.05) is 30.0 Å². The van der Waals surface area contributed by atoms with E-state index >= 15 is 0 Å². The first kappa shape index (κ1) is 22.8. The molecule has 1 heterocycles. The molecule has 9 heteroatoms. The average molecular weight is 456 g/mol. The third-order valence-electron chi connectivity index (χ3n) is 6.65.